The first-order valence-corrected chi connectivity index (χ1v) is 6.81. The van der Waals surface area contributed by atoms with Gasteiger partial charge in [0, 0.05) is 12.7 Å². The first-order valence-electron chi connectivity index (χ1n) is 5.99. The van der Waals surface area contributed by atoms with Crippen LogP contribution in [0.25, 0.3) is 10.7 Å². The molecule has 108 valence electrons. The second-order valence-electron chi connectivity index (χ2n) is 4.06. The minimum Gasteiger partial charge on any atom is -0.312 e. The third-order valence-corrected chi connectivity index (χ3v) is 3.57. The Morgan fingerprint density at radius 1 is 1.30 bits per heavy atom. The van der Waals surface area contributed by atoms with E-state index in [9.17, 15) is 13.2 Å². The van der Waals surface area contributed by atoms with Gasteiger partial charge in [0.15, 0.2) is 5.69 Å². The Morgan fingerprint density at radius 3 is 2.65 bits per heavy atom. The van der Waals surface area contributed by atoms with Crippen LogP contribution in [0.1, 0.15) is 23.3 Å². The molecule has 0 saturated carbocycles. The Bertz CT molecular complexity index is 595. The largest absolute Gasteiger partial charge is 0.434 e. The minimum atomic E-state index is -4.46. The Labute approximate surface area is 118 Å². The van der Waals surface area contributed by atoms with Gasteiger partial charge in [0.1, 0.15) is 16.5 Å². The van der Waals surface area contributed by atoms with E-state index < -0.39 is 11.9 Å². The van der Waals surface area contributed by atoms with Gasteiger partial charge in [0.25, 0.3) is 0 Å². The van der Waals surface area contributed by atoms with Crippen LogP contribution in [0.3, 0.4) is 0 Å². The third-order valence-electron chi connectivity index (χ3n) is 2.50. The van der Waals surface area contributed by atoms with E-state index in [4.69, 9.17) is 0 Å². The smallest absolute Gasteiger partial charge is 0.312 e. The van der Waals surface area contributed by atoms with Crippen LogP contribution in [0.2, 0.25) is 0 Å². The van der Waals surface area contributed by atoms with Gasteiger partial charge < -0.3 is 5.32 Å². The Kier molecular flexibility index (Phi) is 4.34. The molecule has 0 saturated heterocycles. The van der Waals surface area contributed by atoms with Crippen molar-refractivity contribution < 1.29 is 13.2 Å². The molecule has 0 radical (unpaired) electrons. The first-order chi connectivity index (χ1) is 9.41. The van der Waals surface area contributed by atoms with E-state index in [0.717, 1.165) is 11.3 Å². The fourth-order valence-corrected chi connectivity index (χ4v) is 2.64. The van der Waals surface area contributed by atoms with Gasteiger partial charge in [-0.1, -0.05) is 6.92 Å². The van der Waals surface area contributed by atoms with E-state index in [1.165, 1.54) is 6.20 Å². The zero-order valence-corrected chi connectivity index (χ0v) is 11.8. The van der Waals surface area contributed by atoms with Crippen molar-refractivity contribution in [1.82, 2.24) is 20.3 Å². The quantitative estimate of drug-likeness (QED) is 0.943. The van der Waals surface area contributed by atoms with E-state index in [0.29, 0.717) is 18.1 Å². The van der Waals surface area contributed by atoms with Crippen molar-refractivity contribution in [2.45, 2.75) is 26.6 Å². The van der Waals surface area contributed by atoms with Gasteiger partial charge in [-0.2, -0.15) is 13.2 Å². The molecule has 0 bridgehead atoms. The average Bonchev–Trinajstić information content (AvgIpc) is 2.80. The molecule has 0 unspecified atom stereocenters. The number of nitrogens with zero attached hydrogens (tertiary/aromatic N) is 3. The van der Waals surface area contributed by atoms with Crippen LogP contribution >= 0.6 is 11.3 Å². The van der Waals surface area contributed by atoms with Crippen LogP contribution in [0.5, 0.6) is 0 Å². The standard InChI is InChI=1S/C12H13F3N4S/c1-3-16-6-9-10(12(13,14)15)19-11(20-9)8-4-5-17-7(2)18-8/h4-5,16H,3,6H2,1-2H3. The summed E-state index contributed by atoms with van der Waals surface area (Å²) in [5.74, 6) is 0.500. The summed E-state index contributed by atoms with van der Waals surface area (Å²) >= 11 is 1.00. The number of thiazole rings is 1. The molecule has 0 aliphatic carbocycles. The van der Waals surface area contributed by atoms with Crippen LogP contribution < -0.4 is 5.32 Å². The average molecular weight is 302 g/mol. The predicted octanol–water partition coefficient (Wildman–Crippen LogP) is 3.04. The highest BCUT2D eigenvalue weighted by molar-refractivity contribution is 7.15. The Hall–Kier alpha value is -1.54. The topological polar surface area (TPSA) is 50.7 Å². The van der Waals surface area contributed by atoms with Crippen molar-refractivity contribution in [3.63, 3.8) is 0 Å². The molecule has 1 N–H and O–H groups in total. The fraction of sp³-hybridized carbons (Fsp3) is 0.417. The summed E-state index contributed by atoms with van der Waals surface area (Å²) in [6, 6.07) is 1.56. The molecule has 8 heteroatoms. The van der Waals surface area contributed by atoms with Gasteiger partial charge in [-0.05, 0) is 19.5 Å². The maximum Gasteiger partial charge on any atom is 0.434 e. The number of aryl methyl sites for hydroxylation is 1. The highest BCUT2D eigenvalue weighted by Gasteiger charge is 2.37. The molecule has 0 aliphatic heterocycles. The molecule has 0 amide bonds. The van der Waals surface area contributed by atoms with Crippen molar-refractivity contribution in [2.24, 2.45) is 0 Å². The molecule has 2 rings (SSSR count). The van der Waals surface area contributed by atoms with Crippen LogP contribution in [0.4, 0.5) is 13.2 Å². The maximum atomic E-state index is 13.0. The monoisotopic (exact) mass is 302 g/mol. The number of aromatic nitrogens is 3. The zero-order valence-electron chi connectivity index (χ0n) is 11.0. The first kappa shape index (κ1) is 14.9. The molecular weight excluding hydrogens is 289 g/mol. The number of rotatable bonds is 4. The molecule has 20 heavy (non-hydrogen) atoms. The molecule has 2 aromatic heterocycles. The lowest BCUT2D eigenvalue weighted by Gasteiger charge is -2.05. The maximum absolute atomic E-state index is 13.0. The predicted molar refractivity (Wildman–Crippen MR) is 70.3 cm³/mol. The molecule has 0 aromatic carbocycles. The van der Waals surface area contributed by atoms with Crippen LogP contribution in [-0.2, 0) is 12.7 Å². The summed E-state index contributed by atoms with van der Waals surface area (Å²) in [7, 11) is 0. The van der Waals surface area contributed by atoms with Gasteiger partial charge in [-0.25, -0.2) is 15.0 Å². The van der Waals surface area contributed by atoms with Crippen molar-refractivity contribution in [3.8, 4) is 10.7 Å². The van der Waals surface area contributed by atoms with E-state index in [1.807, 2.05) is 6.92 Å². The number of hydrogen-bond acceptors (Lipinski definition) is 5. The van der Waals surface area contributed by atoms with Crippen molar-refractivity contribution in [2.75, 3.05) is 6.54 Å². The lowest BCUT2D eigenvalue weighted by atomic mass is 10.3. The SMILES string of the molecule is CCNCc1sc(-c2ccnc(C)n2)nc1C(F)(F)F. The van der Waals surface area contributed by atoms with Gasteiger partial charge in [-0.15, -0.1) is 11.3 Å². The van der Waals surface area contributed by atoms with Gasteiger partial charge in [0.2, 0.25) is 0 Å². The second kappa shape index (κ2) is 5.84. The summed E-state index contributed by atoms with van der Waals surface area (Å²) < 4.78 is 38.9. The molecule has 0 aliphatic rings. The van der Waals surface area contributed by atoms with E-state index in [2.05, 4.69) is 20.3 Å². The number of nitrogens with one attached hydrogen (secondary N) is 1. The van der Waals surface area contributed by atoms with E-state index in [-0.39, 0.29) is 16.4 Å². The number of hydrogen-bond donors (Lipinski definition) is 1. The molecule has 0 atom stereocenters. The molecule has 4 nitrogen and oxygen atoms in total. The molecule has 0 spiro atoms. The molecular formula is C12H13F3N4S. The Morgan fingerprint density at radius 2 is 2.05 bits per heavy atom. The Balaban J connectivity index is 2.43. The molecule has 2 aromatic rings. The summed E-state index contributed by atoms with van der Waals surface area (Å²) in [5, 5.41) is 3.15. The van der Waals surface area contributed by atoms with Gasteiger partial charge in [0.05, 0.1) is 4.88 Å². The summed E-state index contributed by atoms with van der Waals surface area (Å²) in [5.41, 5.74) is -0.425. The normalized spacial score (nSPS) is 11.8. The highest BCUT2D eigenvalue weighted by Crippen LogP contribution is 2.37. The van der Waals surface area contributed by atoms with Crippen LogP contribution in [-0.4, -0.2) is 21.5 Å². The van der Waals surface area contributed by atoms with Crippen LogP contribution in [0, 0.1) is 6.92 Å². The summed E-state index contributed by atoms with van der Waals surface area (Å²) in [6.45, 7) is 4.26. The second-order valence-corrected chi connectivity index (χ2v) is 5.14. The third kappa shape index (κ3) is 3.31. The van der Waals surface area contributed by atoms with Crippen molar-refractivity contribution in [1.29, 1.82) is 0 Å². The molecule has 0 fully saturated rings. The fourth-order valence-electron chi connectivity index (χ4n) is 1.62. The molecule has 2 heterocycles. The lowest BCUT2D eigenvalue weighted by molar-refractivity contribution is -0.141. The number of alkyl halides is 3. The number of halogens is 3. The van der Waals surface area contributed by atoms with Crippen molar-refractivity contribution in [3.05, 3.63) is 28.7 Å². The zero-order chi connectivity index (χ0) is 14.8. The van der Waals surface area contributed by atoms with Crippen molar-refractivity contribution >= 4 is 11.3 Å². The van der Waals surface area contributed by atoms with E-state index >= 15 is 0 Å². The van der Waals surface area contributed by atoms with Crippen LogP contribution in [0.15, 0.2) is 12.3 Å². The van der Waals surface area contributed by atoms with E-state index in [1.54, 1.807) is 13.0 Å². The van der Waals surface area contributed by atoms with Gasteiger partial charge >= 0.3 is 6.18 Å². The minimum absolute atomic E-state index is 0.146. The summed E-state index contributed by atoms with van der Waals surface area (Å²) in [6.07, 6.45) is -2.95. The summed E-state index contributed by atoms with van der Waals surface area (Å²) in [4.78, 5) is 11.9. The van der Waals surface area contributed by atoms with Gasteiger partial charge in [-0.3, -0.25) is 0 Å². The lowest BCUT2D eigenvalue weighted by Crippen LogP contribution is -2.15. The highest BCUT2D eigenvalue weighted by atomic mass is 32.1.